The van der Waals surface area contributed by atoms with Crippen molar-refractivity contribution < 1.29 is 24.0 Å². The molecule has 0 aliphatic heterocycles. The van der Waals surface area contributed by atoms with Crippen LogP contribution in [0.1, 0.15) is 57.2 Å². The van der Waals surface area contributed by atoms with Gasteiger partial charge in [-0.15, -0.1) is 0 Å². The number of H-pyrrole nitrogens is 1. The number of nitrogens with zero attached hydrogens (tertiary/aromatic N) is 3. The number of hydrogen-bond acceptors (Lipinski definition) is 9. The van der Waals surface area contributed by atoms with Crippen LogP contribution in [0.4, 0.5) is 0 Å². The van der Waals surface area contributed by atoms with Crippen molar-refractivity contribution in [3.63, 3.8) is 0 Å². The van der Waals surface area contributed by atoms with Crippen LogP contribution >= 0.6 is 0 Å². The van der Waals surface area contributed by atoms with Crippen LogP contribution in [0.5, 0.6) is 0 Å². The molecule has 1 aromatic carbocycles. The number of rotatable bonds is 23. The molecule has 1 aromatic heterocycles. The van der Waals surface area contributed by atoms with Gasteiger partial charge in [0, 0.05) is 50.3 Å². The van der Waals surface area contributed by atoms with Crippen molar-refractivity contribution in [2.24, 2.45) is 50.3 Å². The van der Waals surface area contributed by atoms with Gasteiger partial charge in [-0.25, -0.2) is 4.98 Å². The average Bonchev–Trinajstić information content (AvgIpc) is 3.59. The first-order valence-electron chi connectivity index (χ1n) is 17.0. The molecule has 0 saturated carbocycles. The topological polar surface area (TPSA) is 343 Å². The maximum atomic E-state index is 13.8. The van der Waals surface area contributed by atoms with E-state index in [4.69, 9.17) is 34.4 Å². The van der Waals surface area contributed by atoms with Crippen LogP contribution in [-0.4, -0.2) is 94.7 Å². The Hall–Kier alpha value is -5.72. The van der Waals surface area contributed by atoms with Gasteiger partial charge in [-0.2, -0.15) is 0 Å². The van der Waals surface area contributed by atoms with Crippen LogP contribution < -0.4 is 55.7 Å². The fourth-order valence-electron chi connectivity index (χ4n) is 5.15. The van der Waals surface area contributed by atoms with E-state index in [1.807, 2.05) is 6.07 Å². The summed E-state index contributed by atoms with van der Waals surface area (Å²) in [6, 6.07) is 4.04. The number of aromatic amines is 1. The van der Waals surface area contributed by atoms with E-state index in [9.17, 15) is 24.0 Å². The lowest BCUT2D eigenvalue weighted by molar-refractivity contribution is -0.135. The number of hydrogen-bond donors (Lipinski definition) is 11. The monoisotopic (exact) mass is 726 g/mol. The molecule has 2 rings (SSSR count). The van der Waals surface area contributed by atoms with Crippen molar-refractivity contribution in [3.05, 3.63) is 54.1 Å². The molecule has 286 valence electrons. The Morgan fingerprint density at radius 2 is 1.35 bits per heavy atom. The highest BCUT2D eigenvalue weighted by atomic mass is 16.2. The highest BCUT2D eigenvalue weighted by Crippen LogP contribution is 2.10. The first-order valence-corrected chi connectivity index (χ1v) is 17.0. The van der Waals surface area contributed by atoms with Gasteiger partial charge in [-0.05, 0) is 37.2 Å². The second-order valence-electron chi connectivity index (χ2n) is 12.7. The molecule has 17 N–H and O–H groups in total. The predicted molar refractivity (Wildman–Crippen MR) is 197 cm³/mol. The van der Waals surface area contributed by atoms with E-state index in [1.54, 1.807) is 38.1 Å². The van der Waals surface area contributed by atoms with Gasteiger partial charge in [0.15, 0.2) is 11.9 Å². The minimum Gasteiger partial charge on any atom is -0.370 e. The zero-order valence-corrected chi connectivity index (χ0v) is 29.7. The second-order valence-corrected chi connectivity index (χ2v) is 12.7. The van der Waals surface area contributed by atoms with Gasteiger partial charge < -0.3 is 60.7 Å². The molecule has 0 spiro atoms. The molecule has 5 atom stereocenters. The number of carbonyl (C=O) groups is 5. The lowest BCUT2D eigenvalue weighted by atomic mass is 10.0. The Morgan fingerprint density at radius 1 is 0.750 bits per heavy atom. The zero-order valence-electron chi connectivity index (χ0n) is 29.7. The Morgan fingerprint density at radius 3 is 1.90 bits per heavy atom. The molecule has 0 bridgehead atoms. The number of imidazole rings is 1. The summed E-state index contributed by atoms with van der Waals surface area (Å²) in [5, 5.41) is 10.8. The molecule has 52 heavy (non-hydrogen) atoms. The van der Waals surface area contributed by atoms with E-state index in [2.05, 4.69) is 41.2 Å². The fourth-order valence-corrected chi connectivity index (χ4v) is 5.15. The summed E-state index contributed by atoms with van der Waals surface area (Å²) in [4.78, 5) is 81.0. The molecule has 0 unspecified atom stereocenters. The third-order valence-corrected chi connectivity index (χ3v) is 7.87. The van der Waals surface area contributed by atoms with Gasteiger partial charge in [0.25, 0.3) is 0 Å². The molecule has 0 radical (unpaired) electrons. The van der Waals surface area contributed by atoms with Gasteiger partial charge in [-0.3, -0.25) is 34.0 Å². The first-order chi connectivity index (χ1) is 24.7. The normalized spacial score (nSPS) is 13.8. The second kappa shape index (κ2) is 22.2. The summed E-state index contributed by atoms with van der Waals surface area (Å²) in [7, 11) is 0. The van der Waals surface area contributed by atoms with Gasteiger partial charge in [0.2, 0.25) is 29.5 Å². The van der Waals surface area contributed by atoms with Crippen molar-refractivity contribution >= 4 is 41.5 Å². The number of amides is 5. The summed E-state index contributed by atoms with van der Waals surface area (Å²) >= 11 is 0. The molecule has 19 nitrogen and oxygen atoms in total. The third-order valence-electron chi connectivity index (χ3n) is 7.87. The molecule has 1 heterocycles. The quantitative estimate of drug-likeness (QED) is 0.0313. The van der Waals surface area contributed by atoms with E-state index < -0.39 is 65.7 Å². The molecule has 0 fully saturated rings. The molecule has 2 aromatic rings. The maximum absolute atomic E-state index is 13.8. The van der Waals surface area contributed by atoms with E-state index in [-0.39, 0.29) is 44.1 Å². The van der Waals surface area contributed by atoms with Crippen LogP contribution in [0, 0.1) is 5.92 Å². The van der Waals surface area contributed by atoms with E-state index in [0.717, 1.165) is 5.56 Å². The Balaban J connectivity index is 2.20. The maximum Gasteiger partial charge on any atom is 0.243 e. The summed E-state index contributed by atoms with van der Waals surface area (Å²) < 4.78 is 0. The number of guanidine groups is 2. The molecular formula is C33H54N14O5. The molecule has 5 amide bonds. The SMILES string of the molecule is CC(C)[C@H](NC(=O)[C@H](CCCN=C(N)N)NC(=O)C[C@@H](N)CCCN=C(N)N)C(=O)N[C@@H](Cc1cnc[nH]1)C(=O)N[C@@H](Cc1ccccc1)C(N)=O. The number of aliphatic imine (C=N–C) groups is 2. The molecule has 19 heteroatoms. The van der Waals surface area contributed by atoms with Crippen LogP contribution in [0.2, 0.25) is 0 Å². The van der Waals surface area contributed by atoms with E-state index in [0.29, 0.717) is 31.5 Å². The lowest BCUT2D eigenvalue weighted by Gasteiger charge is -2.28. The summed E-state index contributed by atoms with van der Waals surface area (Å²) in [5.41, 5.74) is 34.6. The number of aromatic nitrogens is 2. The molecule has 0 aliphatic rings. The van der Waals surface area contributed by atoms with Gasteiger partial charge in [-0.1, -0.05) is 44.2 Å². The van der Waals surface area contributed by atoms with Gasteiger partial charge >= 0.3 is 0 Å². The van der Waals surface area contributed by atoms with Crippen LogP contribution in [0.3, 0.4) is 0 Å². The summed E-state index contributed by atoms with van der Waals surface area (Å²) in [5.74, 6) is -3.82. The van der Waals surface area contributed by atoms with E-state index >= 15 is 0 Å². The van der Waals surface area contributed by atoms with Crippen LogP contribution in [0.25, 0.3) is 0 Å². The Bertz CT molecular complexity index is 1490. The van der Waals surface area contributed by atoms with E-state index in [1.165, 1.54) is 12.5 Å². The highest BCUT2D eigenvalue weighted by Gasteiger charge is 2.33. The summed E-state index contributed by atoms with van der Waals surface area (Å²) in [6.45, 7) is 3.98. The number of carbonyl (C=O) groups excluding carboxylic acids is 5. The fraction of sp³-hybridized carbons (Fsp3) is 0.515. The number of benzene rings is 1. The molecular weight excluding hydrogens is 672 g/mol. The van der Waals surface area contributed by atoms with Crippen LogP contribution in [-0.2, 0) is 36.8 Å². The van der Waals surface area contributed by atoms with Gasteiger partial charge in [0.05, 0.1) is 6.33 Å². The average molecular weight is 727 g/mol. The van der Waals surface area contributed by atoms with Crippen molar-refractivity contribution in [2.45, 2.75) is 89.0 Å². The minimum absolute atomic E-state index is 0.0111. The summed E-state index contributed by atoms with van der Waals surface area (Å²) in [6.07, 6.45) is 4.45. The highest BCUT2D eigenvalue weighted by molar-refractivity contribution is 5.95. The molecule has 0 aliphatic carbocycles. The van der Waals surface area contributed by atoms with Crippen molar-refractivity contribution in [1.82, 2.24) is 31.2 Å². The van der Waals surface area contributed by atoms with Crippen LogP contribution in [0.15, 0.2) is 52.8 Å². The number of nitrogens with one attached hydrogen (secondary N) is 5. The minimum atomic E-state index is -1.19. The lowest BCUT2D eigenvalue weighted by Crippen LogP contribution is -2.60. The van der Waals surface area contributed by atoms with Crippen molar-refractivity contribution in [2.75, 3.05) is 13.1 Å². The Kier molecular flexibility index (Phi) is 18.1. The largest absolute Gasteiger partial charge is 0.370 e. The zero-order chi connectivity index (χ0) is 38.6. The van der Waals surface area contributed by atoms with Crippen molar-refractivity contribution in [3.8, 4) is 0 Å². The predicted octanol–water partition coefficient (Wildman–Crippen LogP) is -2.90. The molecule has 0 saturated heterocycles. The Labute approximate surface area is 303 Å². The number of nitrogens with two attached hydrogens (primary N) is 6. The first kappa shape index (κ1) is 42.4. The third kappa shape index (κ3) is 16.3. The smallest absolute Gasteiger partial charge is 0.243 e. The number of primary amides is 1. The van der Waals surface area contributed by atoms with Gasteiger partial charge in [0.1, 0.15) is 24.2 Å². The van der Waals surface area contributed by atoms with Crippen molar-refractivity contribution in [1.29, 1.82) is 0 Å². The standard InChI is InChI=1S/C33H54N14O5/c1-19(2)27(47-29(50)23(11-7-13-42-33(38)39)44-26(48)15-21(34)10-6-12-41-32(36)37)31(52)46-25(16-22-17-40-18-43-22)30(51)45-24(28(35)49)14-20-8-4-3-5-9-20/h3-5,8-9,17-19,21,23-25,27H,6-7,10-16,34H2,1-2H3,(H2,35,49)(H,40,43)(H,44,48)(H,45,51)(H,46,52)(H,47,50)(H4,36,37,41)(H4,38,39,42)/t21-,23-,24-,25-,27-/m0/s1.